The molecule has 116 valence electrons. The van der Waals surface area contributed by atoms with Crippen LogP contribution in [-0.4, -0.2) is 30.4 Å². The summed E-state index contributed by atoms with van der Waals surface area (Å²) in [6.45, 7) is 6.26. The van der Waals surface area contributed by atoms with Crippen molar-refractivity contribution < 1.29 is 4.79 Å². The first-order chi connectivity index (χ1) is 9.84. The average molecular weight is 329 g/mol. The van der Waals surface area contributed by atoms with Gasteiger partial charge in [0.2, 0.25) is 5.91 Å². The lowest BCUT2D eigenvalue weighted by atomic mass is 9.90. The standard InChI is InChI=1S/C16H22Cl2N2O/c1-11(7-12-3-4-13(17)8-14(12)18)15(21)20-6-5-16(2,9-19)10-20/h3-4,8,11H,5-7,9-10,19H2,1-2H3. The van der Waals surface area contributed by atoms with Crippen LogP contribution in [0.5, 0.6) is 0 Å². The van der Waals surface area contributed by atoms with Gasteiger partial charge in [-0.3, -0.25) is 4.79 Å². The number of hydrogen-bond donors (Lipinski definition) is 1. The van der Waals surface area contributed by atoms with Crippen molar-refractivity contribution in [2.75, 3.05) is 19.6 Å². The highest BCUT2D eigenvalue weighted by Gasteiger charge is 2.36. The van der Waals surface area contributed by atoms with Crippen LogP contribution >= 0.6 is 23.2 Å². The van der Waals surface area contributed by atoms with Crippen LogP contribution in [0.1, 0.15) is 25.8 Å². The van der Waals surface area contributed by atoms with Crippen molar-refractivity contribution >= 4 is 29.1 Å². The van der Waals surface area contributed by atoms with Gasteiger partial charge in [-0.2, -0.15) is 0 Å². The molecule has 0 spiro atoms. The Labute approximate surface area is 136 Å². The molecule has 2 rings (SSSR count). The molecule has 1 amide bonds. The maximum atomic E-state index is 12.5. The van der Waals surface area contributed by atoms with Crippen LogP contribution in [0.15, 0.2) is 18.2 Å². The van der Waals surface area contributed by atoms with Gasteiger partial charge in [-0.1, -0.05) is 43.1 Å². The van der Waals surface area contributed by atoms with Crippen LogP contribution in [0, 0.1) is 11.3 Å². The molecule has 21 heavy (non-hydrogen) atoms. The summed E-state index contributed by atoms with van der Waals surface area (Å²) in [5.74, 6) is 0.0852. The van der Waals surface area contributed by atoms with E-state index in [2.05, 4.69) is 6.92 Å². The minimum absolute atomic E-state index is 0.0628. The van der Waals surface area contributed by atoms with Gasteiger partial charge in [0.15, 0.2) is 0 Å². The second kappa shape index (κ2) is 6.55. The maximum Gasteiger partial charge on any atom is 0.225 e. The van der Waals surface area contributed by atoms with E-state index in [1.165, 1.54) is 0 Å². The summed E-state index contributed by atoms with van der Waals surface area (Å²) in [6, 6.07) is 5.42. The van der Waals surface area contributed by atoms with E-state index in [0.717, 1.165) is 25.1 Å². The second-order valence-corrected chi connectivity index (χ2v) is 7.21. The fraction of sp³-hybridized carbons (Fsp3) is 0.562. The van der Waals surface area contributed by atoms with Crippen LogP contribution in [0.3, 0.4) is 0 Å². The molecule has 5 heteroatoms. The number of carbonyl (C=O) groups is 1. The molecule has 2 N–H and O–H groups in total. The smallest absolute Gasteiger partial charge is 0.225 e. The Morgan fingerprint density at radius 2 is 2.19 bits per heavy atom. The Kier molecular flexibility index (Phi) is 5.18. The van der Waals surface area contributed by atoms with Gasteiger partial charge in [0.1, 0.15) is 0 Å². The highest BCUT2D eigenvalue weighted by molar-refractivity contribution is 6.35. The lowest BCUT2D eigenvalue weighted by Crippen LogP contribution is -2.37. The van der Waals surface area contributed by atoms with E-state index in [4.69, 9.17) is 28.9 Å². The van der Waals surface area contributed by atoms with Crippen molar-refractivity contribution in [1.29, 1.82) is 0 Å². The summed E-state index contributed by atoms with van der Waals surface area (Å²) in [7, 11) is 0. The molecule has 1 saturated heterocycles. The summed E-state index contributed by atoms with van der Waals surface area (Å²) in [5, 5.41) is 1.23. The van der Waals surface area contributed by atoms with Crippen LogP contribution in [-0.2, 0) is 11.2 Å². The zero-order valence-corrected chi connectivity index (χ0v) is 14.0. The number of likely N-dealkylation sites (tertiary alicyclic amines) is 1. The number of carbonyl (C=O) groups excluding carboxylic acids is 1. The molecule has 1 heterocycles. The third-order valence-corrected chi connectivity index (χ3v) is 4.91. The van der Waals surface area contributed by atoms with Gasteiger partial charge in [0.25, 0.3) is 0 Å². The number of benzene rings is 1. The minimum atomic E-state index is -0.0937. The third kappa shape index (κ3) is 3.91. The number of amides is 1. The summed E-state index contributed by atoms with van der Waals surface area (Å²) in [6.07, 6.45) is 1.61. The van der Waals surface area contributed by atoms with E-state index in [1.54, 1.807) is 12.1 Å². The Bertz CT molecular complexity index is 535. The topological polar surface area (TPSA) is 46.3 Å². The molecular formula is C16H22Cl2N2O. The zero-order valence-electron chi connectivity index (χ0n) is 12.5. The van der Waals surface area contributed by atoms with Gasteiger partial charge in [-0.05, 0) is 42.5 Å². The van der Waals surface area contributed by atoms with Crippen LogP contribution < -0.4 is 5.73 Å². The summed E-state index contributed by atoms with van der Waals surface area (Å²) < 4.78 is 0. The first-order valence-corrected chi connectivity index (χ1v) is 8.03. The molecule has 2 atom stereocenters. The Morgan fingerprint density at radius 1 is 1.48 bits per heavy atom. The minimum Gasteiger partial charge on any atom is -0.342 e. The van der Waals surface area contributed by atoms with Gasteiger partial charge < -0.3 is 10.6 Å². The van der Waals surface area contributed by atoms with E-state index in [-0.39, 0.29) is 17.2 Å². The van der Waals surface area contributed by atoms with Crippen LogP contribution in [0.4, 0.5) is 0 Å². The lowest BCUT2D eigenvalue weighted by molar-refractivity contribution is -0.134. The van der Waals surface area contributed by atoms with E-state index >= 15 is 0 Å². The molecule has 3 nitrogen and oxygen atoms in total. The first kappa shape index (κ1) is 16.6. The van der Waals surface area contributed by atoms with E-state index < -0.39 is 0 Å². The van der Waals surface area contributed by atoms with Crippen molar-refractivity contribution in [1.82, 2.24) is 4.90 Å². The number of rotatable bonds is 4. The highest BCUT2D eigenvalue weighted by Crippen LogP contribution is 2.30. The molecule has 1 aromatic rings. The summed E-state index contributed by atoms with van der Waals surface area (Å²) >= 11 is 12.1. The van der Waals surface area contributed by atoms with E-state index in [9.17, 15) is 4.79 Å². The largest absolute Gasteiger partial charge is 0.342 e. The van der Waals surface area contributed by atoms with E-state index in [0.29, 0.717) is 23.0 Å². The van der Waals surface area contributed by atoms with Crippen molar-refractivity contribution in [2.24, 2.45) is 17.1 Å². The molecular weight excluding hydrogens is 307 g/mol. The normalized spacial score (nSPS) is 23.4. The molecule has 1 aliphatic heterocycles. The average Bonchev–Trinajstić information content (AvgIpc) is 2.84. The Hall–Kier alpha value is -0.770. The van der Waals surface area contributed by atoms with Gasteiger partial charge in [-0.15, -0.1) is 0 Å². The Morgan fingerprint density at radius 3 is 2.76 bits per heavy atom. The summed E-state index contributed by atoms with van der Waals surface area (Å²) in [5.41, 5.74) is 6.82. The van der Waals surface area contributed by atoms with E-state index in [1.807, 2.05) is 17.9 Å². The molecule has 0 aromatic heterocycles. The molecule has 1 fully saturated rings. The van der Waals surface area contributed by atoms with Gasteiger partial charge in [0, 0.05) is 29.1 Å². The molecule has 0 radical (unpaired) electrons. The number of hydrogen-bond acceptors (Lipinski definition) is 2. The monoisotopic (exact) mass is 328 g/mol. The molecule has 0 saturated carbocycles. The summed E-state index contributed by atoms with van der Waals surface area (Å²) in [4.78, 5) is 14.5. The fourth-order valence-electron chi connectivity index (χ4n) is 2.79. The van der Waals surface area contributed by atoms with Crippen molar-refractivity contribution in [3.8, 4) is 0 Å². The molecule has 2 unspecified atom stereocenters. The predicted molar refractivity (Wildman–Crippen MR) is 87.7 cm³/mol. The van der Waals surface area contributed by atoms with Gasteiger partial charge in [-0.25, -0.2) is 0 Å². The first-order valence-electron chi connectivity index (χ1n) is 7.27. The molecule has 0 aliphatic carbocycles. The third-order valence-electron chi connectivity index (χ3n) is 4.33. The molecule has 1 aliphatic rings. The maximum absolute atomic E-state index is 12.5. The van der Waals surface area contributed by atoms with Crippen LogP contribution in [0.2, 0.25) is 10.0 Å². The zero-order chi connectivity index (χ0) is 15.6. The molecule has 0 bridgehead atoms. The molecule has 1 aromatic carbocycles. The predicted octanol–water partition coefficient (Wildman–Crippen LogP) is 3.37. The number of nitrogens with two attached hydrogens (primary N) is 1. The lowest BCUT2D eigenvalue weighted by Gasteiger charge is -2.25. The quantitative estimate of drug-likeness (QED) is 0.921. The van der Waals surface area contributed by atoms with Gasteiger partial charge >= 0.3 is 0 Å². The SMILES string of the molecule is CC(Cc1ccc(Cl)cc1Cl)C(=O)N1CCC(C)(CN)C1. The fourth-order valence-corrected chi connectivity index (χ4v) is 3.28. The number of nitrogens with zero attached hydrogens (tertiary/aromatic N) is 1. The van der Waals surface area contributed by atoms with Crippen molar-refractivity contribution in [3.63, 3.8) is 0 Å². The van der Waals surface area contributed by atoms with Crippen LogP contribution in [0.25, 0.3) is 0 Å². The second-order valence-electron chi connectivity index (χ2n) is 6.37. The highest BCUT2D eigenvalue weighted by atomic mass is 35.5. The van der Waals surface area contributed by atoms with Crippen molar-refractivity contribution in [3.05, 3.63) is 33.8 Å². The number of halogens is 2. The Balaban J connectivity index is 2.00. The van der Waals surface area contributed by atoms with Crippen molar-refractivity contribution in [2.45, 2.75) is 26.7 Å². The van der Waals surface area contributed by atoms with Gasteiger partial charge in [0.05, 0.1) is 0 Å².